The average molecular weight is 205 g/mol. The van der Waals surface area contributed by atoms with Crippen LogP contribution in [-0.4, -0.2) is 21.1 Å². The Morgan fingerprint density at radius 1 is 1.33 bits per heavy atom. The van der Waals surface area contributed by atoms with Crippen LogP contribution >= 0.6 is 0 Å². The van der Waals surface area contributed by atoms with E-state index in [0.29, 0.717) is 12.1 Å². The number of hydrogen-bond acceptors (Lipinski definition) is 3. The smallest absolute Gasteiger partial charge is 0.214 e. The van der Waals surface area contributed by atoms with Gasteiger partial charge in [0.15, 0.2) is 12.1 Å². The highest BCUT2D eigenvalue weighted by molar-refractivity contribution is 5.70. The van der Waals surface area contributed by atoms with Crippen LogP contribution in [0.2, 0.25) is 0 Å². The van der Waals surface area contributed by atoms with Gasteiger partial charge in [-0.1, -0.05) is 0 Å². The summed E-state index contributed by atoms with van der Waals surface area (Å²) in [5.74, 6) is 0.352. The maximum atomic E-state index is 12.7. The van der Waals surface area contributed by atoms with Gasteiger partial charge < -0.3 is 0 Å². The van der Waals surface area contributed by atoms with Crippen LogP contribution in [0.15, 0.2) is 24.3 Å². The van der Waals surface area contributed by atoms with Crippen LogP contribution in [0.3, 0.4) is 0 Å². The van der Waals surface area contributed by atoms with Crippen molar-refractivity contribution in [3.05, 3.63) is 35.9 Å². The maximum Gasteiger partial charge on any atom is 0.214 e. The Balaban J connectivity index is 2.48. The molecule has 0 aliphatic rings. The summed E-state index contributed by atoms with van der Waals surface area (Å²) in [6.45, 7) is 0. The van der Waals surface area contributed by atoms with Crippen molar-refractivity contribution in [3.8, 4) is 11.4 Å². The van der Waals surface area contributed by atoms with Crippen molar-refractivity contribution in [2.24, 2.45) is 7.05 Å². The Labute approximate surface area is 85.4 Å². The number of carbonyl (C=O) groups is 1. The number of carbonyl (C=O) groups excluding carboxylic acids is 1. The lowest BCUT2D eigenvalue weighted by Crippen LogP contribution is -1.94. The standard InChI is InChI=1S/C10H8FN3O/c1-14-10(12-9(6-15)13-14)7-2-4-8(11)5-3-7/h2-6H,1H3. The van der Waals surface area contributed by atoms with Gasteiger partial charge in [-0.15, -0.1) is 5.10 Å². The number of aryl methyl sites for hydroxylation is 1. The second-order valence-electron chi connectivity index (χ2n) is 3.04. The molecule has 0 aliphatic carbocycles. The van der Waals surface area contributed by atoms with Crippen LogP contribution in [0, 0.1) is 5.82 Å². The zero-order valence-corrected chi connectivity index (χ0v) is 8.01. The molecule has 1 aromatic carbocycles. The molecule has 4 nitrogen and oxygen atoms in total. The fraction of sp³-hybridized carbons (Fsp3) is 0.100. The van der Waals surface area contributed by atoms with E-state index in [0.717, 1.165) is 5.56 Å². The monoisotopic (exact) mass is 205 g/mol. The second-order valence-corrected chi connectivity index (χ2v) is 3.04. The molecular formula is C10H8FN3O. The third kappa shape index (κ3) is 1.76. The summed E-state index contributed by atoms with van der Waals surface area (Å²) in [4.78, 5) is 14.4. The third-order valence-electron chi connectivity index (χ3n) is 1.99. The van der Waals surface area contributed by atoms with Gasteiger partial charge in [0.2, 0.25) is 5.82 Å². The van der Waals surface area contributed by atoms with Gasteiger partial charge in [-0.3, -0.25) is 4.79 Å². The molecule has 0 aliphatic heterocycles. The van der Waals surface area contributed by atoms with E-state index in [4.69, 9.17) is 0 Å². The molecule has 0 unspecified atom stereocenters. The molecule has 1 heterocycles. The number of aromatic nitrogens is 3. The molecule has 2 aromatic rings. The van der Waals surface area contributed by atoms with Crippen molar-refractivity contribution in [2.45, 2.75) is 0 Å². The number of rotatable bonds is 2. The van der Waals surface area contributed by atoms with E-state index >= 15 is 0 Å². The number of nitrogens with zero attached hydrogens (tertiary/aromatic N) is 3. The number of aldehydes is 1. The predicted octanol–water partition coefficient (Wildman–Crippen LogP) is 1.43. The molecule has 1 aromatic heterocycles. The molecule has 0 spiro atoms. The van der Waals surface area contributed by atoms with Crippen molar-refractivity contribution in [2.75, 3.05) is 0 Å². The normalized spacial score (nSPS) is 10.3. The maximum absolute atomic E-state index is 12.7. The van der Waals surface area contributed by atoms with Gasteiger partial charge >= 0.3 is 0 Å². The van der Waals surface area contributed by atoms with E-state index in [9.17, 15) is 9.18 Å². The summed E-state index contributed by atoms with van der Waals surface area (Å²) in [5, 5.41) is 3.87. The van der Waals surface area contributed by atoms with Gasteiger partial charge in [0.05, 0.1) is 0 Å². The Morgan fingerprint density at radius 2 is 2.00 bits per heavy atom. The number of benzene rings is 1. The Morgan fingerprint density at radius 3 is 2.53 bits per heavy atom. The average Bonchev–Trinajstić information content (AvgIpc) is 2.61. The molecule has 2 rings (SSSR count). The highest BCUT2D eigenvalue weighted by atomic mass is 19.1. The van der Waals surface area contributed by atoms with E-state index < -0.39 is 0 Å². The van der Waals surface area contributed by atoms with Gasteiger partial charge in [-0.05, 0) is 24.3 Å². The Kier molecular flexibility index (Phi) is 2.29. The van der Waals surface area contributed by atoms with Gasteiger partial charge in [0.1, 0.15) is 5.82 Å². The lowest BCUT2D eigenvalue weighted by Gasteiger charge is -1.98. The first-order valence-corrected chi connectivity index (χ1v) is 4.33. The van der Waals surface area contributed by atoms with Crippen molar-refractivity contribution >= 4 is 6.29 Å². The van der Waals surface area contributed by atoms with Gasteiger partial charge in [-0.2, -0.15) is 0 Å². The summed E-state index contributed by atoms with van der Waals surface area (Å²) < 4.78 is 14.2. The van der Waals surface area contributed by atoms with Crippen LogP contribution < -0.4 is 0 Å². The van der Waals surface area contributed by atoms with Crippen LogP contribution in [0.25, 0.3) is 11.4 Å². The minimum Gasteiger partial charge on any atom is -0.294 e. The van der Waals surface area contributed by atoms with Crippen LogP contribution in [0.4, 0.5) is 4.39 Å². The van der Waals surface area contributed by atoms with Crippen LogP contribution in [-0.2, 0) is 7.05 Å². The van der Waals surface area contributed by atoms with Gasteiger partial charge in [0, 0.05) is 12.6 Å². The first-order chi connectivity index (χ1) is 7.20. The van der Waals surface area contributed by atoms with Crippen molar-refractivity contribution in [1.29, 1.82) is 0 Å². The highest BCUT2D eigenvalue weighted by Crippen LogP contribution is 2.16. The van der Waals surface area contributed by atoms with E-state index in [1.165, 1.54) is 16.8 Å². The number of halogens is 1. The Bertz CT molecular complexity index is 490. The molecular weight excluding hydrogens is 197 g/mol. The largest absolute Gasteiger partial charge is 0.294 e. The fourth-order valence-electron chi connectivity index (χ4n) is 1.30. The van der Waals surface area contributed by atoms with E-state index in [-0.39, 0.29) is 11.6 Å². The highest BCUT2D eigenvalue weighted by Gasteiger charge is 2.08. The van der Waals surface area contributed by atoms with Crippen molar-refractivity contribution < 1.29 is 9.18 Å². The molecule has 0 saturated carbocycles. The molecule has 0 fully saturated rings. The molecule has 0 bridgehead atoms. The Hall–Kier alpha value is -2.04. The van der Waals surface area contributed by atoms with Crippen molar-refractivity contribution in [1.82, 2.24) is 14.8 Å². The summed E-state index contributed by atoms with van der Waals surface area (Å²) in [5.41, 5.74) is 0.722. The first kappa shape index (κ1) is 9.51. The van der Waals surface area contributed by atoms with Crippen LogP contribution in [0.1, 0.15) is 10.6 Å². The fourth-order valence-corrected chi connectivity index (χ4v) is 1.30. The van der Waals surface area contributed by atoms with E-state index in [2.05, 4.69) is 10.1 Å². The molecule has 0 saturated heterocycles. The predicted molar refractivity (Wildman–Crippen MR) is 51.8 cm³/mol. The van der Waals surface area contributed by atoms with Gasteiger partial charge in [-0.25, -0.2) is 14.1 Å². The van der Waals surface area contributed by atoms with Crippen LogP contribution in [0.5, 0.6) is 0 Å². The molecule has 5 heteroatoms. The number of hydrogen-bond donors (Lipinski definition) is 0. The summed E-state index contributed by atoms with van der Waals surface area (Å²) in [7, 11) is 1.68. The van der Waals surface area contributed by atoms with E-state index in [1.807, 2.05) is 0 Å². The minimum atomic E-state index is -0.309. The lowest BCUT2D eigenvalue weighted by atomic mass is 10.2. The second kappa shape index (κ2) is 3.61. The first-order valence-electron chi connectivity index (χ1n) is 4.33. The topological polar surface area (TPSA) is 47.8 Å². The molecule has 0 N–H and O–H groups in total. The molecule has 76 valence electrons. The minimum absolute atomic E-state index is 0.122. The SMILES string of the molecule is Cn1nc(C=O)nc1-c1ccc(F)cc1. The zero-order valence-electron chi connectivity index (χ0n) is 8.01. The molecule has 0 radical (unpaired) electrons. The molecule has 15 heavy (non-hydrogen) atoms. The molecule has 0 amide bonds. The lowest BCUT2D eigenvalue weighted by molar-refractivity contribution is 0.111. The molecule has 0 atom stereocenters. The van der Waals surface area contributed by atoms with E-state index in [1.54, 1.807) is 19.2 Å². The van der Waals surface area contributed by atoms with Gasteiger partial charge in [0.25, 0.3) is 0 Å². The zero-order chi connectivity index (χ0) is 10.8. The summed E-state index contributed by atoms with van der Waals surface area (Å²) >= 11 is 0. The van der Waals surface area contributed by atoms with Crippen molar-refractivity contribution in [3.63, 3.8) is 0 Å². The third-order valence-corrected chi connectivity index (χ3v) is 1.99. The summed E-state index contributed by atoms with van der Waals surface area (Å²) in [6.07, 6.45) is 0.576. The summed E-state index contributed by atoms with van der Waals surface area (Å²) in [6, 6.07) is 5.86. The quantitative estimate of drug-likeness (QED) is 0.697.